The van der Waals surface area contributed by atoms with Crippen molar-refractivity contribution < 1.29 is 19.1 Å². The standard InChI is InChI=1S/C20H24N2O4/c1-26-18-7-3-4-14(11-18)19(8-9-21)20(25)22-17-6-2-5-15(12-23)16(10-17)13-24/h3-4,7,10-13,19H,2,5-6,8-9,21H2,1H3,(H,22,25). The van der Waals surface area contributed by atoms with Gasteiger partial charge < -0.3 is 15.8 Å². The van der Waals surface area contributed by atoms with E-state index in [0.29, 0.717) is 67.4 Å². The van der Waals surface area contributed by atoms with Gasteiger partial charge in [-0.15, -0.1) is 0 Å². The highest BCUT2D eigenvalue weighted by Gasteiger charge is 2.22. The Hall–Kier alpha value is -2.73. The van der Waals surface area contributed by atoms with E-state index in [-0.39, 0.29) is 5.91 Å². The number of nitrogens with one attached hydrogen (secondary N) is 1. The number of benzene rings is 1. The molecule has 1 aromatic rings. The summed E-state index contributed by atoms with van der Waals surface area (Å²) in [6, 6.07) is 7.34. The first-order valence-corrected chi connectivity index (χ1v) is 8.61. The molecule has 1 aromatic carbocycles. The lowest BCUT2D eigenvalue weighted by atomic mass is 9.94. The van der Waals surface area contributed by atoms with Crippen LogP contribution in [0.3, 0.4) is 0 Å². The molecular formula is C20H24N2O4. The third-order valence-electron chi connectivity index (χ3n) is 4.41. The summed E-state index contributed by atoms with van der Waals surface area (Å²) < 4.78 is 5.23. The van der Waals surface area contributed by atoms with Crippen molar-refractivity contribution in [3.05, 3.63) is 52.7 Å². The number of hydrogen-bond acceptors (Lipinski definition) is 5. The summed E-state index contributed by atoms with van der Waals surface area (Å²) in [4.78, 5) is 35.2. The van der Waals surface area contributed by atoms with E-state index in [4.69, 9.17) is 10.5 Å². The number of rotatable bonds is 8. The second kappa shape index (κ2) is 9.68. The number of nitrogens with two attached hydrogens (primary N) is 1. The monoisotopic (exact) mass is 356 g/mol. The zero-order valence-corrected chi connectivity index (χ0v) is 14.9. The fourth-order valence-corrected chi connectivity index (χ4v) is 3.02. The lowest BCUT2D eigenvalue weighted by Crippen LogP contribution is -2.30. The van der Waals surface area contributed by atoms with E-state index in [1.54, 1.807) is 13.2 Å². The van der Waals surface area contributed by atoms with Gasteiger partial charge >= 0.3 is 0 Å². The van der Waals surface area contributed by atoms with Crippen molar-refractivity contribution in [2.24, 2.45) is 5.73 Å². The maximum Gasteiger partial charge on any atom is 0.231 e. The van der Waals surface area contributed by atoms with Gasteiger partial charge in [0.1, 0.15) is 12.0 Å². The first-order valence-electron chi connectivity index (χ1n) is 8.61. The van der Waals surface area contributed by atoms with Crippen LogP contribution in [-0.4, -0.2) is 32.1 Å². The van der Waals surface area contributed by atoms with Gasteiger partial charge in [-0.3, -0.25) is 14.4 Å². The molecule has 1 unspecified atom stereocenters. The second-order valence-electron chi connectivity index (χ2n) is 6.14. The molecule has 0 saturated heterocycles. The molecule has 0 bridgehead atoms. The van der Waals surface area contributed by atoms with Gasteiger partial charge in [-0.2, -0.15) is 0 Å². The summed E-state index contributed by atoms with van der Waals surface area (Å²) in [5.74, 6) is 0.0658. The van der Waals surface area contributed by atoms with Gasteiger partial charge in [0.2, 0.25) is 5.91 Å². The van der Waals surface area contributed by atoms with Crippen LogP contribution in [0.15, 0.2) is 47.2 Å². The Kier molecular flexibility index (Phi) is 7.29. The summed E-state index contributed by atoms with van der Waals surface area (Å²) in [7, 11) is 1.57. The molecule has 0 heterocycles. The molecule has 0 spiro atoms. The molecule has 1 aliphatic carbocycles. The molecule has 0 fully saturated rings. The largest absolute Gasteiger partial charge is 0.497 e. The molecule has 3 N–H and O–H groups in total. The van der Waals surface area contributed by atoms with Crippen LogP contribution in [0, 0.1) is 0 Å². The van der Waals surface area contributed by atoms with Gasteiger partial charge in [-0.1, -0.05) is 12.1 Å². The predicted octanol–water partition coefficient (Wildman–Crippen LogP) is 2.01. The van der Waals surface area contributed by atoms with Crippen molar-refractivity contribution in [1.29, 1.82) is 0 Å². The van der Waals surface area contributed by atoms with Crippen molar-refractivity contribution >= 4 is 18.5 Å². The number of allylic oxidation sites excluding steroid dienone is 4. The molecule has 1 aliphatic rings. The Morgan fingerprint density at radius 2 is 2.12 bits per heavy atom. The van der Waals surface area contributed by atoms with Crippen LogP contribution >= 0.6 is 0 Å². The topological polar surface area (TPSA) is 98.5 Å². The minimum absolute atomic E-state index is 0.185. The molecule has 6 heteroatoms. The van der Waals surface area contributed by atoms with Crippen LogP contribution in [0.1, 0.15) is 37.2 Å². The summed E-state index contributed by atoms with van der Waals surface area (Å²) >= 11 is 0. The number of carbonyl (C=O) groups excluding carboxylic acids is 3. The van der Waals surface area contributed by atoms with Gasteiger partial charge in [-0.05, 0) is 56.0 Å². The molecule has 0 saturated carbocycles. The van der Waals surface area contributed by atoms with Gasteiger partial charge in [0, 0.05) is 16.8 Å². The van der Waals surface area contributed by atoms with Crippen molar-refractivity contribution in [2.45, 2.75) is 31.6 Å². The number of ether oxygens (including phenoxy) is 1. The van der Waals surface area contributed by atoms with E-state index in [1.165, 1.54) is 0 Å². The Bertz CT molecular complexity index is 737. The van der Waals surface area contributed by atoms with Gasteiger partial charge in [0.25, 0.3) is 0 Å². The van der Waals surface area contributed by atoms with Crippen LogP contribution in [0.25, 0.3) is 0 Å². The summed E-state index contributed by atoms with van der Waals surface area (Å²) in [5.41, 5.74) is 7.94. The Balaban J connectivity index is 2.24. The fourth-order valence-electron chi connectivity index (χ4n) is 3.02. The van der Waals surface area contributed by atoms with Gasteiger partial charge in [-0.25, -0.2) is 0 Å². The second-order valence-corrected chi connectivity index (χ2v) is 6.14. The molecule has 2 rings (SSSR count). The highest BCUT2D eigenvalue weighted by Crippen LogP contribution is 2.25. The van der Waals surface area contributed by atoms with E-state index in [0.717, 1.165) is 5.56 Å². The maximum absolute atomic E-state index is 12.8. The highest BCUT2D eigenvalue weighted by atomic mass is 16.5. The highest BCUT2D eigenvalue weighted by molar-refractivity contribution is 5.90. The first kappa shape index (κ1) is 19.6. The lowest BCUT2D eigenvalue weighted by Gasteiger charge is -2.18. The van der Waals surface area contributed by atoms with Gasteiger partial charge in [0.05, 0.1) is 13.0 Å². The van der Waals surface area contributed by atoms with E-state index in [9.17, 15) is 14.4 Å². The Morgan fingerprint density at radius 3 is 2.77 bits per heavy atom. The van der Waals surface area contributed by atoms with E-state index >= 15 is 0 Å². The van der Waals surface area contributed by atoms with E-state index < -0.39 is 5.92 Å². The Labute approximate surface area is 153 Å². The average molecular weight is 356 g/mol. The van der Waals surface area contributed by atoms with E-state index in [1.807, 2.05) is 24.3 Å². The molecule has 26 heavy (non-hydrogen) atoms. The van der Waals surface area contributed by atoms with Crippen molar-refractivity contribution in [1.82, 2.24) is 5.32 Å². The number of aldehydes is 2. The Morgan fingerprint density at radius 1 is 1.31 bits per heavy atom. The minimum atomic E-state index is -0.423. The molecule has 138 valence electrons. The smallest absolute Gasteiger partial charge is 0.231 e. The first-order chi connectivity index (χ1) is 12.6. The average Bonchev–Trinajstić information content (AvgIpc) is 2.87. The quantitative estimate of drug-likeness (QED) is 0.694. The summed E-state index contributed by atoms with van der Waals surface area (Å²) in [6.07, 6.45) is 5.25. The molecule has 0 aromatic heterocycles. The molecule has 1 atom stereocenters. The number of methoxy groups -OCH3 is 1. The number of hydrogen-bond donors (Lipinski definition) is 2. The third kappa shape index (κ3) is 4.89. The van der Waals surface area contributed by atoms with Crippen LogP contribution in [0.5, 0.6) is 5.75 Å². The normalized spacial score (nSPS) is 15.5. The molecular weight excluding hydrogens is 332 g/mol. The zero-order chi connectivity index (χ0) is 18.9. The SMILES string of the molecule is COc1cccc(C(CCN)C(=O)NC2=CC(C=O)=C(C=O)CCC2)c1. The fraction of sp³-hybridized carbons (Fsp3) is 0.350. The van der Waals surface area contributed by atoms with Crippen LogP contribution in [0.4, 0.5) is 0 Å². The molecule has 0 aliphatic heterocycles. The zero-order valence-electron chi connectivity index (χ0n) is 14.9. The summed E-state index contributed by atoms with van der Waals surface area (Å²) in [6.45, 7) is 0.364. The van der Waals surface area contributed by atoms with Crippen LogP contribution < -0.4 is 15.8 Å². The third-order valence-corrected chi connectivity index (χ3v) is 4.41. The van der Waals surface area contributed by atoms with Crippen molar-refractivity contribution in [2.75, 3.05) is 13.7 Å². The molecule has 1 amide bonds. The number of carbonyl (C=O) groups is 3. The maximum atomic E-state index is 12.8. The molecule has 0 radical (unpaired) electrons. The number of amides is 1. The molecule has 6 nitrogen and oxygen atoms in total. The van der Waals surface area contributed by atoms with Crippen molar-refractivity contribution in [3.8, 4) is 5.75 Å². The van der Waals surface area contributed by atoms with Gasteiger partial charge in [0.15, 0.2) is 6.29 Å². The van der Waals surface area contributed by atoms with E-state index in [2.05, 4.69) is 5.32 Å². The minimum Gasteiger partial charge on any atom is -0.497 e. The summed E-state index contributed by atoms with van der Waals surface area (Å²) in [5, 5.41) is 2.91. The predicted molar refractivity (Wildman–Crippen MR) is 98.6 cm³/mol. The lowest BCUT2D eigenvalue weighted by molar-refractivity contribution is -0.122. The van der Waals surface area contributed by atoms with Crippen LogP contribution in [0.2, 0.25) is 0 Å². The van der Waals surface area contributed by atoms with Crippen molar-refractivity contribution in [3.63, 3.8) is 0 Å². The van der Waals surface area contributed by atoms with Crippen LogP contribution in [-0.2, 0) is 14.4 Å².